The second-order valence-electron chi connectivity index (χ2n) is 5.08. The quantitative estimate of drug-likeness (QED) is 0.386. The monoisotopic (exact) mass is 294 g/mol. The van der Waals surface area contributed by atoms with Crippen molar-refractivity contribution in [1.82, 2.24) is 4.98 Å². The van der Waals surface area contributed by atoms with Gasteiger partial charge in [0, 0.05) is 29.8 Å². The second kappa shape index (κ2) is 6.35. The van der Waals surface area contributed by atoms with Gasteiger partial charge in [-0.25, -0.2) is 0 Å². The number of nitrogens with two attached hydrogens (primary N) is 1. The minimum atomic E-state index is 0.135. The number of amidine groups is 1. The number of thioether (sulfide) groups is 1. The van der Waals surface area contributed by atoms with Crippen molar-refractivity contribution in [3.8, 4) is 0 Å². The molecule has 0 bridgehead atoms. The van der Waals surface area contributed by atoms with Gasteiger partial charge in [0.15, 0.2) is 5.84 Å². The summed E-state index contributed by atoms with van der Waals surface area (Å²) in [5.74, 6) is 1.24. The summed E-state index contributed by atoms with van der Waals surface area (Å²) in [6, 6.07) is 2.03. The predicted octanol–water partition coefficient (Wildman–Crippen LogP) is 2.12. The lowest BCUT2D eigenvalue weighted by Crippen LogP contribution is -2.39. The molecule has 1 aromatic heterocycles. The third-order valence-electron chi connectivity index (χ3n) is 3.61. The second-order valence-corrected chi connectivity index (χ2v) is 6.48. The number of hydrogen-bond acceptors (Lipinski definition) is 5. The summed E-state index contributed by atoms with van der Waals surface area (Å²) in [5.41, 5.74) is 9.39. The van der Waals surface area contributed by atoms with Crippen LogP contribution in [0.15, 0.2) is 11.2 Å². The van der Waals surface area contributed by atoms with Gasteiger partial charge >= 0.3 is 0 Å². The first-order chi connectivity index (χ1) is 9.56. The lowest BCUT2D eigenvalue weighted by molar-refractivity contribution is 0.318. The molecule has 0 radical (unpaired) electrons. The van der Waals surface area contributed by atoms with E-state index < -0.39 is 0 Å². The Balaban J connectivity index is 2.44. The first kappa shape index (κ1) is 15.0. The van der Waals surface area contributed by atoms with Gasteiger partial charge in [-0.15, -0.1) is 0 Å². The molecular weight excluding hydrogens is 272 g/mol. The molecule has 5 nitrogen and oxygen atoms in total. The van der Waals surface area contributed by atoms with Crippen molar-refractivity contribution in [2.24, 2.45) is 10.9 Å². The summed E-state index contributed by atoms with van der Waals surface area (Å²) in [7, 11) is 0. The normalized spacial score (nSPS) is 20.2. The van der Waals surface area contributed by atoms with Gasteiger partial charge in [0.1, 0.15) is 0 Å². The Bertz CT molecular complexity index is 518. The molecule has 1 atom stereocenters. The molecule has 2 rings (SSSR count). The highest BCUT2D eigenvalue weighted by Gasteiger charge is 2.23. The Labute approximate surface area is 124 Å². The van der Waals surface area contributed by atoms with Crippen LogP contribution in [0, 0.1) is 13.8 Å². The van der Waals surface area contributed by atoms with E-state index in [2.05, 4.69) is 22.0 Å². The minimum Gasteiger partial charge on any atom is -0.409 e. The number of rotatable bonds is 3. The Hall–Kier alpha value is -1.43. The fourth-order valence-corrected chi connectivity index (χ4v) is 3.79. The van der Waals surface area contributed by atoms with Crippen molar-refractivity contribution >= 4 is 23.3 Å². The maximum Gasteiger partial charge on any atom is 0.174 e. The molecule has 1 saturated heterocycles. The van der Waals surface area contributed by atoms with Gasteiger partial charge in [0.2, 0.25) is 0 Å². The summed E-state index contributed by atoms with van der Waals surface area (Å²) in [6.07, 6.45) is 1.16. The van der Waals surface area contributed by atoms with E-state index in [1.54, 1.807) is 0 Å². The molecule has 1 aliphatic heterocycles. The van der Waals surface area contributed by atoms with E-state index in [1.165, 1.54) is 0 Å². The van der Waals surface area contributed by atoms with E-state index in [-0.39, 0.29) is 5.84 Å². The van der Waals surface area contributed by atoms with Crippen LogP contribution in [0.4, 0.5) is 5.69 Å². The highest BCUT2D eigenvalue weighted by atomic mass is 32.2. The zero-order valence-electron chi connectivity index (χ0n) is 12.3. The van der Waals surface area contributed by atoms with Crippen LogP contribution in [0.1, 0.15) is 30.3 Å². The highest BCUT2D eigenvalue weighted by Crippen LogP contribution is 2.29. The summed E-state index contributed by atoms with van der Waals surface area (Å²) < 4.78 is 0. The molecule has 1 unspecified atom stereocenters. The van der Waals surface area contributed by atoms with Crippen molar-refractivity contribution in [2.45, 2.75) is 32.4 Å². The lowest BCUT2D eigenvalue weighted by atomic mass is 10.1. The molecule has 0 aromatic carbocycles. The molecule has 20 heavy (non-hydrogen) atoms. The molecule has 1 fully saturated rings. The van der Waals surface area contributed by atoms with Crippen molar-refractivity contribution in [3.63, 3.8) is 0 Å². The number of pyridine rings is 1. The van der Waals surface area contributed by atoms with Crippen molar-refractivity contribution in [3.05, 3.63) is 23.0 Å². The van der Waals surface area contributed by atoms with Gasteiger partial charge in [0.05, 0.1) is 16.9 Å². The lowest BCUT2D eigenvalue weighted by Gasteiger charge is -2.35. The molecule has 0 aliphatic carbocycles. The van der Waals surface area contributed by atoms with Crippen LogP contribution in [0.25, 0.3) is 0 Å². The van der Waals surface area contributed by atoms with Crippen LogP contribution in [0.2, 0.25) is 0 Å². The molecule has 0 amide bonds. The Morgan fingerprint density at radius 2 is 2.35 bits per heavy atom. The number of oxime groups is 1. The van der Waals surface area contributed by atoms with Crippen LogP contribution >= 0.6 is 11.8 Å². The average Bonchev–Trinajstić information content (AvgIpc) is 2.45. The van der Waals surface area contributed by atoms with Gasteiger partial charge in [-0.1, -0.05) is 12.1 Å². The summed E-state index contributed by atoms with van der Waals surface area (Å²) in [4.78, 5) is 6.77. The number of aryl methyl sites for hydroxylation is 2. The maximum atomic E-state index is 9.02. The van der Waals surface area contributed by atoms with E-state index in [4.69, 9.17) is 10.9 Å². The summed E-state index contributed by atoms with van der Waals surface area (Å²) in [6.45, 7) is 8.07. The topological polar surface area (TPSA) is 74.7 Å². The number of anilines is 1. The van der Waals surface area contributed by atoms with Crippen LogP contribution in [-0.2, 0) is 0 Å². The zero-order chi connectivity index (χ0) is 14.7. The smallest absolute Gasteiger partial charge is 0.174 e. The van der Waals surface area contributed by atoms with Gasteiger partial charge < -0.3 is 15.8 Å². The van der Waals surface area contributed by atoms with Crippen molar-refractivity contribution in [1.29, 1.82) is 0 Å². The largest absolute Gasteiger partial charge is 0.409 e. The molecule has 110 valence electrons. The predicted molar refractivity (Wildman–Crippen MR) is 85.0 cm³/mol. The molecule has 0 spiro atoms. The molecule has 1 aliphatic rings. The molecule has 3 N–H and O–H groups in total. The maximum absolute atomic E-state index is 9.02. The Morgan fingerprint density at radius 1 is 1.60 bits per heavy atom. The van der Waals surface area contributed by atoms with Crippen LogP contribution in [0.5, 0.6) is 0 Å². The van der Waals surface area contributed by atoms with Crippen molar-refractivity contribution in [2.75, 3.05) is 23.7 Å². The standard InChI is InChI=1S/C14H22N4OS/c1-4-11-8-18(5-6-20-11)12-7-9(2)16-10(3)13(12)14(15)17-19/h7,11,19H,4-6,8H2,1-3H3,(H2,15,17). The van der Waals surface area contributed by atoms with Crippen LogP contribution in [0.3, 0.4) is 0 Å². The van der Waals surface area contributed by atoms with Gasteiger partial charge in [-0.2, -0.15) is 11.8 Å². The van der Waals surface area contributed by atoms with Crippen LogP contribution < -0.4 is 10.6 Å². The number of nitrogens with zero attached hydrogens (tertiary/aromatic N) is 3. The van der Waals surface area contributed by atoms with Gasteiger partial charge in [-0.05, 0) is 26.3 Å². The summed E-state index contributed by atoms with van der Waals surface area (Å²) >= 11 is 2.02. The van der Waals surface area contributed by atoms with Gasteiger partial charge in [0.25, 0.3) is 0 Å². The fraction of sp³-hybridized carbons (Fsp3) is 0.571. The average molecular weight is 294 g/mol. The minimum absolute atomic E-state index is 0.135. The van der Waals surface area contributed by atoms with E-state index in [9.17, 15) is 0 Å². The fourth-order valence-electron chi connectivity index (χ4n) is 2.61. The molecular formula is C14H22N4OS. The number of hydrogen-bond donors (Lipinski definition) is 2. The van der Waals surface area contributed by atoms with Crippen molar-refractivity contribution < 1.29 is 5.21 Å². The zero-order valence-corrected chi connectivity index (χ0v) is 13.1. The van der Waals surface area contributed by atoms with E-state index in [0.717, 1.165) is 47.9 Å². The highest BCUT2D eigenvalue weighted by molar-refractivity contribution is 8.00. The third-order valence-corrected chi connectivity index (χ3v) is 4.98. The van der Waals surface area contributed by atoms with Gasteiger partial charge in [-0.3, -0.25) is 4.98 Å². The first-order valence-corrected chi connectivity index (χ1v) is 7.94. The van der Waals surface area contributed by atoms with E-state index in [0.29, 0.717) is 5.25 Å². The molecule has 6 heteroatoms. The number of aromatic nitrogens is 1. The summed E-state index contributed by atoms with van der Waals surface area (Å²) in [5, 5.41) is 12.8. The van der Waals surface area contributed by atoms with Crippen LogP contribution in [-0.4, -0.2) is 40.1 Å². The molecule has 0 saturated carbocycles. The SMILES string of the molecule is CCC1CN(c2cc(C)nc(C)c2/C(N)=N/O)CCS1. The molecule has 1 aromatic rings. The first-order valence-electron chi connectivity index (χ1n) is 6.89. The van der Waals surface area contributed by atoms with E-state index in [1.807, 2.05) is 31.7 Å². The Morgan fingerprint density at radius 3 is 3.00 bits per heavy atom. The van der Waals surface area contributed by atoms with E-state index >= 15 is 0 Å². The molecule has 2 heterocycles. The third kappa shape index (κ3) is 3.00. The Kier molecular flexibility index (Phi) is 4.75.